The Balaban J connectivity index is 1.52. The summed E-state index contributed by atoms with van der Waals surface area (Å²) in [7, 11) is 0. The Morgan fingerprint density at radius 2 is 0.405 bits per heavy atom. The lowest BCUT2D eigenvalue weighted by atomic mass is 9.77. The van der Waals surface area contributed by atoms with Crippen molar-refractivity contribution in [2.45, 2.75) is 619 Å². The first kappa shape index (κ1) is 130. The van der Waals surface area contributed by atoms with Crippen molar-refractivity contribution in [1.29, 1.82) is 0 Å². The summed E-state index contributed by atoms with van der Waals surface area (Å²) in [5.41, 5.74) is -8.76. The zero-order valence-corrected chi connectivity index (χ0v) is 99.8. The average Bonchev–Trinajstić information content (AvgIpc) is 0.768. The Morgan fingerprint density at radius 1 is 0.230 bits per heavy atom. The number of esters is 6. The number of hydrogen-bond donors (Lipinski definition) is 1. The largest absolute Gasteiger partial charge is 0.461 e. The fourth-order valence-corrected chi connectivity index (χ4v) is 28.2. The van der Waals surface area contributed by atoms with Gasteiger partial charge in [-0.2, -0.15) is 0 Å². The number of carbonyl (C=O) groups excluding carboxylic acids is 12. The molecular formula is C120H217N10O18+. The van der Waals surface area contributed by atoms with Crippen molar-refractivity contribution < 1.29 is 90.4 Å². The van der Waals surface area contributed by atoms with Gasteiger partial charge in [0.1, 0.15) is 36.6 Å². The van der Waals surface area contributed by atoms with Gasteiger partial charge in [-0.05, 0) is 205 Å². The van der Waals surface area contributed by atoms with Gasteiger partial charge in [0.25, 0.3) is 0 Å². The molecule has 0 aromatic rings. The third-order valence-electron chi connectivity index (χ3n) is 32.9. The molecule has 0 saturated carbocycles. The average molecular weight is 2090 g/mol. The number of carbonyl (C=O) groups is 12. The number of nitrogens with zero attached hydrogens (tertiary/aromatic N) is 9. The first-order valence-corrected chi connectivity index (χ1v) is 59.1. The molecule has 6 rings (SSSR count). The molecule has 6 heterocycles. The predicted octanol–water partition coefficient (Wildman–Crippen LogP) is 22.7. The first-order valence-electron chi connectivity index (χ1n) is 59.1. The number of ether oxygens (including phenoxy) is 6. The second-order valence-corrected chi connectivity index (χ2v) is 53.5. The van der Waals surface area contributed by atoms with E-state index in [9.17, 15) is 33.6 Å². The van der Waals surface area contributed by atoms with Crippen LogP contribution in [0, 0.1) is 0 Å². The molecule has 0 aromatic carbocycles. The fraction of sp³-hybridized carbons (Fsp3) is 0.900. The minimum absolute atomic E-state index is 0.0113. The molecule has 6 fully saturated rings. The highest BCUT2D eigenvalue weighted by atomic mass is 16.6. The van der Waals surface area contributed by atoms with E-state index < -0.39 is 165 Å². The first-order chi connectivity index (χ1) is 68.9. The van der Waals surface area contributed by atoms with Crippen LogP contribution in [0.2, 0.25) is 0 Å². The zero-order chi connectivity index (χ0) is 111. The van der Waals surface area contributed by atoms with Crippen molar-refractivity contribution >= 4 is 71.3 Å². The van der Waals surface area contributed by atoms with E-state index in [1.54, 1.807) is 4.90 Å². The Labute approximate surface area is 898 Å². The van der Waals surface area contributed by atoms with E-state index in [1.807, 2.05) is 200 Å². The Kier molecular flexibility index (Phi) is 51.3. The lowest BCUT2D eigenvalue weighted by Crippen LogP contribution is -2.65. The molecule has 28 heteroatoms. The van der Waals surface area contributed by atoms with E-state index >= 15 is 24.0 Å². The molecule has 148 heavy (non-hydrogen) atoms. The van der Waals surface area contributed by atoms with Crippen LogP contribution in [0.5, 0.6) is 0 Å². The van der Waals surface area contributed by atoms with Gasteiger partial charge in [0.2, 0.25) is 35.4 Å². The van der Waals surface area contributed by atoms with Gasteiger partial charge in [-0.25, -0.2) is 9.59 Å². The van der Waals surface area contributed by atoms with Gasteiger partial charge in [-0.1, -0.05) is 196 Å². The van der Waals surface area contributed by atoms with Crippen molar-refractivity contribution in [3.8, 4) is 0 Å². The summed E-state index contributed by atoms with van der Waals surface area (Å²) >= 11 is 0. The van der Waals surface area contributed by atoms with Crippen LogP contribution >= 0.6 is 0 Å². The number of amides is 6. The van der Waals surface area contributed by atoms with Crippen molar-refractivity contribution in [3.63, 3.8) is 0 Å². The molecule has 0 bridgehead atoms. The molecule has 28 nitrogen and oxygen atoms in total. The van der Waals surface area contributed by atoms with Gasteiger partial charge >= 0.3 is 35.8 Å². The van der Waals surface area contributed by atoms with Crippen LogP contribution in [0.3, 0.4) is 0 Å². The maximum Gasteiger partial charge on any atom is 0.362 e. The molecule has 6 aliphatic rings. The van der Waals surface area contributed by atoms with Crippen LogP contribution in [0.1, 0.15) is 516 Å². The monoisotopic (exact) mass is 2090 g/mol. The molecule has 6 aliphatic heterocycles. The smallest absolute Gasteiger partial charge is 0.362 e. The Morgan fingerprint density at radius 3 is 0.608 bits per heavy atom. The zero-order valence-electron chi connectivity index (χ0n) is 99.8. The summed E-state index contributed by atoms with van der Waals surface area (Å²) in [6, 6.07) is 0. The lowest BCUT2D eigenvalue weighted by Gasteiger charge is -2.55. The highest BCUT2D eigenvalue weighted by Crippen LogP contribution is 2.48. The highest BCUT2D eigenvalue weighted by Gasteiger charge is 2.57. The van der Waals surface area contributed by atoms with Crippen LogP contribution in [0.4, 0.5) is 0 Å². The maximum absolute atomic E-state index is 16.1. The molecule has 0 aliphatic carbocycles. The summed E-state index contributed by atoms with van der Waals surface area (Å²) < 4.78 is 39.7. The number of unbranched alkanes of at least 4 members (excludes halogenated alkanes) is 24. The van der Waals surface area contributed by atoms with E-state index in [2.05, 4.69) is 46.9 Å². The standard InChI is InChI=1S/C120H217N10O18/c1-31-37-43-49-55-61-97(131)124-109(7,8)73-91(74-110(124,9)10)143-103(137)85-121-67-71-130(89-107(141)147-95-81-117(23,24)128(118(25,26)82-95)101(135)65-59-53-47-41-35-5,90-108(142)148-96-83-119(27,28)129(120(29,30)84-96)102(136)66-60-54-48-42-36-6)72-70-122(86-104(138)144-92-75-111(11,12)125(112(13,14)76-92)98(132)62-56-50-44-38-32-2)68-69-123(87-105(139)145-93-77-113(15,16)126(114(17,18)78-93)99(133)63-57-51-45-39-33-3)88-106(140)146-94-79-115(19,20)127(116(21,22)80-94)100(134)64-58-52-46-40-34-4/h91-96,121H,31-90H2,1-30H3/q+1. The number of nitrogens with one attached hydrogen (secondary N) is 1. The molecule has 6 saturated heterocycles. The number of hydrogen-bond acceptors (Lipinski definition) is 21. The maximum atomic E-state index is 16.1. The minimum atomic E-state index is -0.769. The summed E-state index contributed by atoms with van der Waals surface area (Å²) in [6.45, 7) is 59.1. The molecule has 1 N–H and O–H groups in total. The van der Waals surface area contributed by atoms with Gasteiger partial charge in [-0.3, -0.25) is 57.7 Å². The van der Waals surface area contributed by atoms with Crippen molar-refractivity contribution in [2.75, 3.05) is 78.5 Å². The molecule has 0 unspecified atom stereocenters. The van der Waals surface area contributed by atoms with Crippen LogP contribution in [0.25, 0.3) is 0 Å². The molecule has 0 aromatic heterocycles. The van der Waals surface area contributed by atoms with Crippen LogP contribution in [-0.2, 0) is 86.0 Å². The van der Waals surface area contributed by atoms with Crippen LogP contribution < -0.4 is 5.32 Å². The molecule has 854 valence electrons. The van der Waals surface area contributed by atoms with E-state index in [1.165, 1.54) is 0 Å². The highest BCUT2D eigenvalue weighted by molar-refractivity contribution is 5.82. The normalized spacial score (nSPS) is 20.6. The van der Waals surface area contributed by atoms with Gasteiger partial charge in [0.05, 0.1) is 39.3 Å². The van der Waals surface area contributed by atoms with E-state index in [0.29, 0.717) is 116 Å². The van der Waals surface area contributed by atoms with E-state index in [-0.39, 0.29) is 92.3 Å². The summed E-state index contributed by atoms with van der Waals surface area (Å²) in [5, 5.41) is 3.39. The molecule has 6 amide bonds. The molecule has 0 radical (unpaired) electrons. The summed E-state index contributed by atoms with van der Waals surface area (Å²) in [5.74, 6) is -3.35. The number of piperidine rings is 6. The second-order valence-electron chi connectivity index (χ2n) is 53.5. The van der Waals surface area contributed by atoms with Crippen molar-refractivity contribution in [1.82, 2.24) is 44.5 Å². The third-order valence-corrected chi connectivity index (χ3v) is 32.9. The van der Waals surface area contributed by atoms with Gasteiger partial charge in [0, 0.05) is 208 Å². The third kappa shape index (κ3) is 40.7. The fourth-order valence-electron chi connectivity index (χ4n) is 28.2. The number of quaternary nitrogens is 1. The summed E-state index contributed by atoms with van der Waals surface area (Å²) in [6.07, 6.45) is 32.5. The molecule has 0 atom stereocenters. The van der Waals surface area contributed by atoms with Crippen molar-refractivity contribution in [2.24, 2.45) is 0 Å². The number of rotatable bonds is 63. The van der Waals surface area contributed by atoms with Crippen LogP contribution in [0.15, 0.2) is 0 Å². The summed E-state index contributed by atoms with van der Waals surface area (Å²) in [4.78, 5) is 195. The lowest BCUT2D eigenvalue weighted by molar-refractivity contribution is -0.913. The van der Waals surface area contributed by atoms with Crippen molar-refractivity contribution in [3.05, 3.63) is 0 Å². The SMILES string of the molecule is CCCCCCCC(=O)N1C(C)(C)CC(OC(=O)CNCC[N+](CCN(CCN(CC(=O)OC2CC(C)(C)N(C(=O)CCCCCCC)C(C)(C)C2)CC(=O)OC2CC(C)(C)N(C(=O)CCCCCCC)C(C)(C)C2)CC(=O)OC2CC(C)(C)N(C(=O)CCCCCCC)C(C)(C)C2)(CC(=O)OC2CC(C)(C)N(C(=O)CCCCCCC)C(C)(C)C2)CC(=O)OC2CC(C)(C)N(C(=O)CCCCCCC)C(C)(C)C2)CC1(C)C. The van der Waals surface area contributed by atoms with Gasteiger partial charge in [-0.15, -0.1) is 0 Å². The Bertz CT molecular complexity index is 3910. The quantitative estimate of drug-likeness (QED) is 0.0256. The second kappa shape index (κ2) is 58.3. The Hall–Kier alpha value is -6.52. The molecular weight excluding hydrogens is 1870 g/mol. The predicted molar refractivity (Wildman–Crippen MR) is 590 cm³/mol. The van der Waals surface area contributed by atoms with E-state index in [4.69, 9.17) is 28.4 Å². The van der Waals surface area contributed by atoms with Gasteiger partial charge in [0.15, 0.2) is 13.1 Å². The topological polar surface area (TPSA) is 298 Å². The van der Waals surface area contributed by atoms with Gasteiger partial charge < -0.3 is 67.6 Å². The van der Waals surface area contributed by atoms with Crippen LogP contribution in [-0.4, -0.2) is 297 Å². The van der Waals surface area contributed by atoms with E-state index in [0.717, 1.165) is 193 Å². The number of likely N-dealkylation sites (tertiary alicyclic amines) is 6. The molecule has 0 spiro atoms. The minimum Gasteiger partial charge on any atom is -0.461 e.